The number of carbonyl (C=O) groups excluding carboxylic acids is 1. The van der Waals surface area contributed by atoms with Crippen LogP contribution in [0.4, 0.5) is 0 Å². The largest absolute Gasteiger partial charge is 0.364 e. The number of rotatable bonds is 4. The quantitative estimate of drug-likeness (QED) is 0.731. The SMILES string of the molecule is C[C@@H](C(=O)N(C)Cc1ccon1)n1cnc2ccccc2c1=O. The molecule has 118 valence electrons. The molecule has 0 saturated heterocycles. The van der Waals surface area contributed by atoms with Crippen molar-refractivity contribution in [1.82, 2.24) is 19.6 Å². The predicted octanol–water partition coefficient (Wildman–Crippen LogP) is 1.60. The summed E-state index contributed by atoms with van der Waals surface area (Å²) >= 11 is 0. The highest BCUT2D eigenvalue weighted by molar-refractivity contribution is 5.81. The Morgan fingerprint density at radius 2 is 2.13 bits per heavy atom. The molecule has 23 heavy (non-hydrogen) atoms. The summed E-state index contributed by atoms with van der Waals surface area (Å²) in [6.07, 6.45) is 2.87. The van der Waals surface area contributed by atoms with E-state index in [0.717, 1.165) is 0 Å². The van der Waals surface area contributed by atoms with Gasteiger partial charge in [0.25, 0.3) is 5.56 Å². The molecule has 0 bridgehead atoms. The van der Waals surface area contributed by atoms with Crippen molar-refractivity contribution in [3.63, 3.8) is 0 Å². The third-order valence-corrected chi connectivity index (χ3v) is 3.73. The summed E-state index contributed by atoms with van der Waals surface area (Å²) < 4.78 is 6.11. The molecule has 0 aliphatic carbocycles. The lowest BCUT2D eigenvalue weighted by Crippen LogP contribution is -2.37. The molecule has 3 aromatic rings. The summed E-state index contributed by atoms with van der Waals surface area (Å²) in [4.78, 5) is 30.8. The van der Waals surface area contributed by atoms with Gasteiger partial charge in [0.2, 0.25) is 5.91 Å². The first-order valence-electron chi connectivity index (χ1n) is 7.18. The van der Waals surface area contributed by atoms with Crippen LogP contribution in [0.5, 0.6) is 0 Å². The average molecular weight is 312 g/mol. The molecule has 2 aromatic heterocycles. The van der Waals surface area contributed by atoms with E-state index in [1.807, 2.05) is 6.07 Å². The van der Waals surface area contributed by atoms with Gasteiger partial charge in [0.1, 0.15) is 18.0 Å². The second-order valence-corrected chi connectivity index (χ2v) is 5.34. The van der Waals surface area contributed by atoms with E-state index in [-0.39, 0.29) is 11.5 Å². The molecule has 3 rings (SSSR count). The predicted molar refractivity (Wildman–Crippen MR) is 83.7 cm³/mol. The summed E-state index contributed by atoms with van der Waals surface area (Å²) in [5.74, 6) is -0.202. The van der Waals surface area contributed by atoms with Crippen LogP contribution in [0.1, 0.15) is 18.7 Å². The summed E-state index contributed by atoms with van der Waals surface area (Å²) in [5.41, 5.74) is 1.03. The molecule has 1 amide bonds. The van der Waals surface area contributed by atoms with Crippen molar-refractivity contribution in [3.05, 3.63) is 59.0 Å². The van der Waals surface area contributed by atoms with Gasteiger partial charge in [-0.15, -0.1) is 0 Å². The Kier molecular flexibility index (Phi) is 3.92. The van der Waals surface area contributed by atoms with E-state index in [4.69, 9.17) is 4.52 Å². The molecule has 1 aromatic carbocycles. The van der Waals surface area contributed by atoms with Crippen molar-refractivity contribution in [2.45, 2.75) is 19.5 Å². The first-order valence-corrected chi connectivity index (χ1v) is 7.18. The molecule has 0 aliphatic rings. The molecule has 0 spiro atoms. The monoisotopic (exact) mass is 312 g/mol. The minimum absolute atomic E-state index is 0.202. The van der Waals surface area contributed by atoms with Gasteiger partial charge in [0.15, 0.2) is 0 Å². The normalized spacial score (nSPS) is 12.3. The van der Waals surface area contributed by atoms with Crippen LogP contribution in [-0.2, 0) is 11.3 Å². The lowest BCUT2D eigenvalue weighted by atomic mass is 10.2. The Balaban J connectivity index is 1.87. The van der Waals surface area contributed by atoms with Crippen molar-refractivity contribution < 1.29 is 9.32 Å². The molecule has 7 heteroatoms. The lowest BCUT2D eigenvalue weighted by Gasteiger charge is -2.21. The molecule has 0 unspecified atom stereocenters. The Bertz CT molecular complexity index is 886. The topological polar surface area (TPSA) is 81.2 Å². The van der Waals surface area contributed by atoms with Gasteiger partial charge in [-0.2, -0.15) is 0 Å². The minimum atomic E-state index is -0.656. The fraction of sp³-hybridized carbons (Fsp3) is 0.250. The maximum absolute atomic E-state index is 12.5. The first kappa shape index (κ1) is 15.0. The Morgan fingerprint density at radius 1 is 1.35 bits per heavy atom. The van der Waals surface area contributed by atoms with E-state index in [1.165, 1.54) is 22.1 Å². The number of hydrogen-bond donors (Lipinski definition) is 0. The molecule has 0 aliphatic heterocycles. The van der Waals surface area contributed by atoms with Crippen molar-refractivity contribution >= 4 is 16.8 Å². The van der Waals surface area contributed by atoms with Gasteiger partial charge in [-0.25, -0.2) is 4.98 Å². The van der Waals surface area contributed by atoms with E-state index in [0.29, 0.717) is 23.1 Å². The van der Waals surface area contributed by atoms with Crippen molar-refractivity contribution in [2.75, 3.05) is 7.05 Å². The number of fused-ring (bicyclic) bond motifs is 1. The number of para-hydroxylation sites is 1. The highest BCUT2D eigenvalue weighted by atomic mass is 16.5. The molecule has 0 N–H and O–H groups in total. The van der Waals surface area contributed by atoms with Gasteiger partial charge in [0.05, 0.1) is 23.8 Å². The Morgan fingerprint density at radius 3 is 2.87 bits per heavy atom. The number of benzene rings is 1. The summed E-state index contributed by atoms with van der Waals surface area (Å²) in [6.45, 7) is 1.99. The zero-order valence-electron chi connectivity index (χ0n) is 12.8. The van der Waals surface area contributed by atoms with Crippen LogP contribution < -0.4 is 5.56 Å². The van der Waals surface area contributed by atoms with Gasteiger partial charge < -0.3 is 9.42 Å². The molecule has 1 atom stereocenters. The zero-order chi connectivity index (χ0) is 16.4. The van der Waals surface area contributed by atoms with Crippen LogP contribution in [0.3, 0.4) is 0 Å². The fourth-order valence-corrected chi connectivity index (χ4v) is 2.44. The number of nitrogens with zero attached hydrogens (tertiary/aromatic N) is 4. The van der Waals surface area contributed by atoms with Gasteiger partial charge in [-0.1, -0.05) is 17.3 Å². The molecular weight excluding hydrogens is 296 g/mol. The average Bonchev–Trinajstić information content (AvgIpc) is 3.07. The molecular formula is C16H16N4O3. The Labute approximate surface area is 132 Å². The second kappa shape index (κ2) is 6.04. The fourth-order valence-electron chi connectivity index (χ4n) is 2.44. The molecule has 0 saturated carbocycles. The third kappa shape index (κ3) is 2.85. The van der Waals surface area contributed by atoms with E-state index >= 15 is 0 Å². The molecule has 2 heterocycles. The number of amides is 1. The number of likely N-dealkylation sites (N-methyl/N-ethyl adjacent to an activating group) is 1. The lowest BCUT2D eigenvalue weighted by molar-refractivity contribution is -0.133. The maximum Gasteiger partial charge on any atom is 0.261 e. The summed E-state index contributed by atoms with van der Waals surface area (Å²) in [7, 11) is 1.66. The van der Waals surface area contributed by atoms with E-state index in [1.54, 1.807) is 38.2 Å². The number of carbonyl (C=O) groups is 1. The first-order chi connectivity index (χ1) is 11.1. The van der Waals surface area contributed by atoms with Gasteiger partial charge >= 0.3 is 0 Å². The number of hydrogen-bond acceptors (Lipinski definition) is 5. The zero-order valence-corrected chi connectivity index (χ0v) is 12.8. The highest BCUT2D eigenvalue weighted by Gasteiger charge is 2.21. The van der Waals surface area contributed by atoms with Crippen LogP contribution in [-0.4, -0.2) is 32.6 Å². The van der Waals surface area contributed by atoms with Crippen LogP contribution in [0.2, 0.25) is 0 Å². The highest BCUT2D eigenvalue weighted by Crippen LogP contribution is 2.12. The smallest absolute Gasteiger partial charge is 0.261 e. The van der Waals surface area contributed by atoms with Crippen molar-refractivity contribution in [1.29, 1.82) is 0 Å². The maximum atomic E-state index is 12.5. The summed E-state index contributed by atoms with van der Waals surface area (Å²) in [6, 6.07) is 8.11. The van der Waals surface area contributed by atoms with Crippen molar-refractivity contribution in [2.24, 2.45) is 0 Å². The molecule has 0 radical (unpaired) electrons. The van der Waals surface area contributed by atoms with E-state index in [9.17, 15) is 9.59 Å². The third-order valence-electron chi connectivity index (χ3n) is 3.73. The van der Waals surface area contributed by atoms with Gasteiger partial charge in [-0.3, -0.25) is 14.2 Å². The molecule has 7 nitrogen and oxygen atoms in total. The van der Waals surface area contributed by atoms with Crippen LogP contribution in [0, 0.1) is 0 Å². The second-order valence-electron chi connectivity index (χ2n) is 5.34. The van der Waals surface area contributed by atoms with Crippen molar-refractivity contribution in [3.8, 4) is 0 Å². The Hall–Kier alpha value is -2.96. The molecule has 0 fully saturated rings. The number of aromatic nitrogens is 3. The minimum Gasteiger partial charge on any atom is -0.364 e. The van der Waals surface area contributed by atoms with E-state index < -0.39 is 6.04 Å². The van der Waals surface area contributed by atoms with Gasteiger partial charge in [0, 0.05) is 13.1 Å². The van der Waals surface area contributed by atoms with Crippen LogP contribution in [0.25, 0.3) is 10.9 Å². The van der Waals surface area contributed by atoms with Crippen LogP contribution in [0.15, 0.2) is 52.2 Å². The van der Waals surface area contributed by atoms with E-state index in [2.05, 4.69) is 10.1 Å². The van der Waals surface area contributed by atoms with Crippen LogP contribution >= 0.6 is 0 Å². The standard InChI is InChI=1S/C16H16N4O3/c1-11(15(21)19(2)9-12-7-8-23-18-12)20-10-17-14-6-4-3-5-13(14)16(20)22/h3-8,10-11H,9H2,1-2H3/t11-/m0/s1. The van der Waals surface area contributed by atoms with Gasteiger partial charge in [-0.05, 0) is 19.1 Å². The summed E-state index contributed by atoms with van der Waals surface area (Å²) in [5, 5.41) is 4.27.